The second-order valence-electron chi connectivity index (χ2n) is 10.0. The number of aryl methyl sites for hydroxylation is 1. The molecule has 3 aromatic rings. The molecule has 34 heavy (non-hydrogen) atoms. The standard InChI is InChI=1S/C26H27F3N4O/c1-15-12-13-32(21-9-5-4-7-17(15)21)25(34)20-14-22-30-23-18-8-3-2-6-16(18)10-11-19(23)24(26(27,28)29)33(22)31-20/h2-3,6,8,14-15,17,21H,4-5,7,9-13H2,1H3/t15-,17+,21+/m1/s1. The van der Waals surface area contributed by atoms with Crippen LogP contribution in [0.3, 0.4) is 0 Å². The molecule has 6 rings (SSSR count). The van der Waals surface area contributed by atoms with E-state index in [1.54, 1.807) is 0 Å². The number of alkyl halides is 3. The first kappa shape index (κ1) is 21.6. The highest BCUT2D eigenvalue weighted by Crippen LogP contribution is 2.42. The quantitative estimate of drug-likeness (QED) is 0.470. The zero-order chi connectivity index (χ0) is 23.6. The third-order valence-electron chi connectivity index (χ3n) is 8.10. The maximum Gasteiger partial charge on any atom is 0.433 e. The molecule has 1 aromatic carbocycles. The van der Waals surface area contributed by atoms with E-state index in [-0.39, 0.29) is 35.3 Å². The molecule has 1 aliphatic heterocycles. The molecule has 0 radical (unpaired) electrons. The average Bonchev–Trinajstić information content (AvgIpc) is 3.25. The summed E-state index contributed by atoms with van der Waals surface area (Å²) >= 11 is 0. The summed E-state index contributed by atoms with van der Waals surface area (Å²) in [6, 6.07) is 9.03. The van der Waals surface area contributed by atoms with Crippen molar-refractivity contribution in [2.45, 2.75) is 64.1 Å². The number of piperidine rings is 1. The summed E-state index contributed by atoms with van der Waals surface area (Å²) in [6.07, 6.45) is 1.36. The lowest BCUT2D eigenvalue weighted by Crippen LogP contribution is -2.52. The first-order chi connectivity index (χ1) is 16.3. The van der Waals surface area contributed by atoms with Crippen molar-refractivity contribution in [1.82, 2.24) is 19.5 Å². The minimum absolute atomic E-state index is 0.0486. The van der Waals surface area contributed by atoms with Crippen molar-refractivity contribution in [3.8, 4) is 11.3 Å². The van der Waals surface area contributed by atoms with Crippen molar-refractivity contribution in [2.24, 2.45) is 11.8 Å². The Balaban J connectivity index is 1.47. The van der Waals surface area contributed by atoms with Crippen LogP contribution in [0, 0.1) is 11.8 Å². The second kappa shape index (κ2) is 7.82. The average molecular weight is 469 g/mol. The SMILES string of the molecule is C[C@@H]1CCN(C(=O)c2cc3nc4c(c(C(F)(F)F)n3n2)CCc2ccccc2-4)[C@H]2CCCC[C@@H]12. The molecular weight excluding hydrogens is 441 g/mol. The number of carbonyl (C=O) groups excluding carboxylic acids is 1. The van der Waals surface area contributed by atoms with Crippen LogP contribution in [0.4, 0.5) is 13.2 Å². The Hall–Kier alpha value is -2.90. The van der Waals surface area contributed by atoms with Crippen molar-refractivity contribution in [2.75, 3.05) is 6.54 Å². The molecule has 0 unspecified atom stereocenters. The van der Waals surface area contributed by atoms with Gasteiger partial charge in [-0.25, -0.2) is 9.50 Å². The summed E-state index contributed by atoms with van der Waals surface area (Å²) in [7, 11) is 0. The van der Waals surface area contributed by atoms with Crippen LogP contribution in [0.15, 0.2) is 30.3 Å². The van der Waals surface area contributed by atoms with E-state index in [2.05, 4.69) is 17.0 Å². The molecular formula is C26H27F3N4O. The molecule has 3 heterocycles. The van der Waals surface area contributed by atoms with Gasteiger partial charge in [0.2, 0.25) is 0 Å². The van der Waals surface area contributed by atoms with E-state index in [0.29, 0.717) is 30.5 Å². The Morgan fingerprint density at radius 3 is 2.71 bits per heavy atom. The van der Waals surface area contributed by atoms with Gasteiger partial charge in [0, 0.05) is 29.8 Å². The summed E-state index contributed by atoms with van der Waals surface area (Å²) in [6.45, 7) is 2.87. The van der Waals surface area contributed by atoms with Gasteiger partial charge in [-0.15, -0.1) is 0 Å². The molecule has 0 N–H and O–H groups in total. The Morgan fingerprint density at radius 2 is 1.88 bits per heavy atom. The highest BCUT2D eigenvalue weighted by Gasteiger charge is 2.42. The number of fused-ring (bicyclic) bond motifs is 5. The Kier molecular flexibility index (Phi) is 4.97. The first-order valence-corrected chi connectivity index (χ1v) is 12.2. The first-order valence-electron chi connectivity index (χ1n) is 12.2. The van der Waals surface area contributed by atoms with Gasteiger partial charge >= 0.3 is 6.18 Å². The molecule has 178 valence electrons. The van der Waals surface area contributed by atoms with Gasteiger partial charge in [0.15, 0.2) is 17.0 Å². The van der Waals surface area contributed by atoms with E-state index in [1.807, 2.05) is 29.2 Å². The molecule has 8 heteroatoms. The fourth-order valence-electron chi connectivity index (χ4n) is 6.43. The topological polar surface area (TPSA) is 50.5 Å². The number of halogens is 3. The predicted octanol–water partition coefficient (Wildman–Crippen LogP) is 5.55. The van der Waals surface area contributed by atoms with Gasteiger partial charge in [0.1, 0.15) is 0 Å². The minimum Gasteiger partial charge on any atom is -0.334 e. The molecule has 3 atom stereocenters. The predicted molar refractivity (Wildman–Crippen MR) is 121 cm³/mol. The molecule has 2 aliphatic carbocycles. The van der Waals surface area contributed by atoms with Crippen molar-refractivity contribution < 1.29 is 18.0 Å². The molecule has 0 bridgehead atoms. The van der Waals surface area contributed by atoms with Crippen molar-refractivity contribution >= 4 is 11.6 Å². The van der Waals surface area contributed by atoms with Crippen LogP contribution in [0.1, 0.15) is 66.3 Å². The number of benzene rings is 1. The van der Waals surface area contributed by atoms with E-state index in [1.165, 1.54) is 12.5 Å². The van der Waals surface area contributed by atoms with E-state index >= 15 is 0 Å². The van der Waals surface area contributed by atoms with Crippen LogP contribution < -0.4 is 0 Å². The van der Waals surface area contributed by atoms with Crippen LogP contribution >= 0.6 is 0 Å². The lowest BCUT2D eigenvalue weighted by Gasteiger charge is -2.47. The van der Waals surface area contributed by atoms with Gasteiger partial charge in [-0.05, 0) is 49.5 Å². The van der Waals surface area contributed by atoms with Gasteiger partial charge < -0.3 is 4.90 Å². The number of rotatable bonds is 1. The minimum atomic E-state index is -4.61. The molecule has 3 aliphatic rings. The van der Waals surface area contributed by atoms with Crippen LogP contribution in [-0.4, -0.2) is 38.0 Å². The summed E-state index contributed by atoms with van der Waals surface area (Å²) in [5, 5.41) is 4.22. The molecule has 1 saturated heterocycles. The Bertz CT molecular complexity index is 1280. The lowest BCUT2D eigenvalue weighted by atomic mass is 9.72. The maximum atomic E-state index is 14.3. The van der Waals surface area contributed by atoms with Gasteiger partial charge in [-0.1, -0.05) is 44.0 Å². The molecule has 2 fully saturated rings. The van der Waals surface area contributed by atoms with E-state index < -0.39 is 11.9 Å². The molecule has 1 amide bonds. The Morgan fingerprint density at radius 1 is 1.09 bits per heavy atom. The molecule has 1 saturated carbocycles. The lowest BCUT2D eigenvalue weighted by molar-refractivity contribution is -0.143. The molecule has 5 nitrogen and oxygen atoms in total. The van der Waals surface area contributed by atoms with Gasteiger partial charge in [0.05, 0.1) is 5.69 Å². The maximum absolute atomic E-state index is 14.3. The van der Waals surface area contributed by atoms with Crippen LogP contribution in [0.2, 0.25) is 0 Å². The number of nitrogens with zero attached hydrogens (tertiary/aromatic N) is 4. The highest BCUT2D eigenvalue weighted by atomic mass is 19.4. The van der Waals surface area contributed by atoms with Gasteiger partial charge in [-0.2, -0.15) is 18.3 Å². The number of amides is 1. The smallest absolute Gasteiger partial charge is 0.334 e. The van der Waals surface area contributed by atoms with E-state index in [4.69, 9.17) is 0 Å². The summed E-state index contributed by atoms with van der Waals surface area (Å²) in [5.41, 5.74) is 1.51. The fraction of sp³-hybridized carbons (Fsp3) is 0.500. The van der Waals surface area contributed by atoms with Crippen molar-refractivity contribution in [3.05, 3.63) is 52.8 Å². The van der Waals surface area contributed by atoms with E-state index in [0.717, 1.165) is 41.3 Å². The number of hydrogen-bond acceptors (Lipinski definition) is 3. The summed E-state index contributed by atoms with van der Waals surface area (Å²) in [5.74, 6) is 0.734. The van der Waals surface area contributed by atoms with Crippen molar-refractivity contribution in [3.63, 3.8) is 0 Å². The molecule has 2 aromatic heterocycles. The monoisotopic (exact) mass is 468 g/mol. The number of carbonyl (C=O) groups is 1. The Labute approximate surface area is 196 Å². The summed E-state index contributed by atoms with van der Waals surface area (Å²) in [4.78, 5) is 20.0. The summed E-state index contributed by atoms with van der Waals surface area (Å²) < 4.78 is 43.8. The van der Waals surface area contributed by atoms with E-state index in [9.17, 15) is 18.0 Å². The largest absolute Gasteiger partial charge is 0.433 e. The second-order valence-corrected chi connectivity index (χ2v) is 10.0. The van der Waals surface area contributed by atoms with Crippen LogP contribution in [0.25, 0.3) is 16.9 Å². The fourth-order valence-corrected chi connectivity index (χ4v) is 6.43. The van der Waals surface area contributed by atoms with Gasteiger partial charge in [0.25, 0.3) is 5.91 Å². The van der Waals surface area contributed by atoms with Crippen molar-refractivity contribution in [1.29, 1.82) is 0 Å². The zero-order valence-electron chi connectivity index (χ0n) is 19.1. The third kappa shape index (κ3) is 3.33. The van der Waals surface area contributed by atoms with Gasteiger partial charge in [-0.3, -0.25) is 4.79 Å². The number of likely N-dealkylation sites (tertiary alicyclic amines) is 1. The number of hydrogen-bond donors (Lipinski definition) is 0. The number of aromatic nitrogens is 3. The highest BCUT2D eigenvalue weighted by molar-refractivity contribution is 5.94. The normalized spacial score (nSPS) is 24.5. The van der Waals surface area contributed by atoms with Crippen LogP contribution in [0.5, 0.6) is 0 Å². The van der Waals surface area contributed by atoms with Crippen LogP contribution in [-0.2, 0) is 19.0 Å². The zero-order valence-corrected chi connectivity index (χ0v) is 19.1. The molecule has 0 spiro atoms. The third-order valence-corrected chi connectivity index (χ3v) is 8.10.